The third kappa shape index (κ3) is 6.14. The molecule has 1 aliphatic heterocycles. The van der Waals surface area contributed by atoms with E-state index in [-0.39, 0.29) is 18.5 Å². The quantitative estimate of drug-likeness (QED) is 0.607. The number of nitrogens with zero attached hydrogens (tertiary/aromatic N) is 1. The summed E-state index contributed by atoms with van der Waals surface area (Å²) in [5, 5.41) is 4.41. The van der Waals surface area contributed by atoms with Gasteiger partial charge in [-0.15, -0.1) is 0 Å². The van der Waals surface area contributed by atoms with Crippen molar-refractivity contribution in [3.8, 4) is 0 Å². The second-order valence-electron chi connectivity index (χ2n) is 7.34. The topological polar surface area (TPSA) is 61.4 Å². The van der Waals surface area contributed by atoms with Crippen molar-refractivity contribution in [2.45, 2.75) is 38.3 Å². The van der Waals surface area contributed by atoms with Crippen LogP contribution >= 0.6 is 0 Å². The van der Waals surface area contributed by atoms with Crippen LogP contribution in [0, 0.1) is 0 Å². The smallest absolute Gasteiger partial charge is 0.338 e. The van der Waals surface area contributed by atoms with Crippen molar-refractivity contribution >= 4 is 17.6 Å². The maximum Gasteiger partial charge on any atom is 0.416 e. The molecule has 0 saturated carbocycles. The van der Waals surface area contributed by atoms with Crippen molar-refractivity contribution in [2.24, 2.45) is 0 Å². The minimum atomic E-state index is -5.01. The summed E-state index contributed by atoms with van der Waals surface area (Å²) in [5.74, 6) is 0.0622. The first-order valence-electron chi connectivity index (χ1n) is 9.62. The van der Waals surface area contributed by atoms with E-state index < -0.39 is 35.2 Å². The molecule has 2 aromatic rings. The zero-order chi connectivity index (χ0) is 23.5. The largest absolute Gasteiger partial charge is 0.416 e. The first-order chi connectivity index (χ1) is 14.9. The molecular weight excluding hydrogens is 440 g/mol. The molecule has 0 radical (unpaired) electrons. The van der Waals surface area contributed by atoms with E-state index in [4.69, 9.17) is 0 Å². The third-order valence-corrected chi connectivity index (χ3v) is 4.83. The molecule has 1 fully saturated rings. The number of urea groups is 1. The van der Waals surface area contributed by atoms with Gasteiger partial charge >= 0.3 is 18.4 Å². The molecule has 3 rings (SSSR count). The van der Waals surface area contributed by atoms with E-state index in [2.05, 4.69) is 5.32 Å². The second kappa shape index (κ2) is 9.09. The Labute approximate surface area is 179 Å². The predicted octanol–water partition coefficient (Wildman–Crippen LogP) is 5.17. The lowest BCUT2D eigenvalue weighted by atomic mass is 10.1. The van der Waals surface area contributed by atoms with Crippen molar-refractivity contribution in [1.82, 2.24) is 10.2 Å². The molecule has 32 heavy (non-hydrogen) atoms. The van der Waals surface area contributed by atoms with Gasteiger partial charge in [0.25, 0.3) is 0 Å². The SMILES string of the molecule is O=C(NCc1cccc(CN2CCCC2=O)c1)Nc1cc(C(F)(F)F)cc(C(F)(F)F)c1. The molecule has 1 aliphatic rings. The lowest BCUT2D eigenvalue weighted by Crippen LogP contribution is -2.28. The minimum Gasteiger partial charge on any atom is -0.338 e. The molecule has 11 heteroatoms. The van der Waals surface area contributed by atoms with Crippen LogP contribution in [0.3, 0.4) is 0 Å². The van der Waals surface area contributed by atoms with Crippen LogP contribution in [0.1, 0.15) is 35.1 Å². The molecule has 0 bridgehead atoms. The Morgan fingerprint density at radius 3 is 2.12 bits per heavy atom. The van der Waals surface area contributed by atoms with Crippen molar-refractivity contribution in [3.63, 3.8) is 0 Å². The number of amides is 3. The molecule has 172 valence electrons. The number of likely N-dealkylation sites (tertiary alicyclic amines) is 1. The van der Waals surface area contributed by atoms with Crippen LogP contribution in [-0.4, -0.2) is 23.4 Å². The van der Waals surface area contributed by atoms with E-state index in [9.17, 15) is 35.9 Å². The number of hydrogen-bond acceptors (Lipinski definition) is 2. The Morgan fingerprint density at radius 2 is 1.56 bits per heavy atom. The number of rotatable bonds is 5. The average molecular weight is 459 g/mol. The van der Waals surface area contributed by atoms with E-state index in [1.807, 2.05) is 11.4 Å². The van der Waals surface area contributed by atoms with Crippen molar-refractivity contribution in [1.29, 1.82) is 0 Å². The van der Waals surface area contributed by atoms with E-state index in [1.165, 1.54) is 0 Å². The van der Waals surface area contributed by atoms with E-state index in [0.29, 0.717) is 37.2 Å². The Morgan fingerprint density at radius 1 is 0.938 bits per heavy atom. The van der Waals surface area contributed by atoms with Crippen LogP contribution in [0.4, 0.5) is 36.8 Å². The fourth-order valence-electron chi connectivity index (χ4n) is 3.31. The van der Waals surface area contributed by atoms with Crippen LogP contribution in [0.5, 0.6) is 0 Å². The number of anilines is 1. The van der Waals surface area contributed by atoms with Gasteiger partial charge in [0, 0.05) is 31.7 Å². The van der Waals surface area contributed by atoms with Gasteiger partial charge in [0.1, 0.15) is 0 Å². The molecule has 0 spiro atoms. The van der Waals surface area contributed by atoms with Crippen LogP contribution in [0.15, 0.2) is 42.5 Å². The molecule has 0 aliphatic carbocycles. The van der Waals surface area contributed by atoms with Gasteiger partial charge < -0.3 is 15.5 Å². The van der Waals surface area contributed by atoms with Gasteiger partial charge in [0.15, 0.2) is 0 Å². The molecule has 0 unspecified atom stereocenters. The maximum absolute atomic E-state index is 12.9. The standard InChI is InChI=1S/C21H19F6N3O2/c22-20(23,24)15-8-16(21(25,26)27)10-17(9-15)29-19(32)28-11-13-3-1-4-14(7-13)12-30-6-2-5-18(30)31/h1,3-4,7-10H,2,5-6,11-12H2,(H2,28,29,32). The molecule has 2 aromatic carbocycles. The van der Waals surface area contributed by atoms with Crippen LogP contribution < -0.4 is 10.6 Å². The summed E-state index contributed by atoms with van der Waals surface area (Å²) in [6, 6.07) is 6.89. The highest BCUT2D eigenvalue weighted by atomic mass is 19.4. The van der Waals surface area contributed by atoms with Gasteiger partial charge in [0.2, 0.25) is 5.91 Å². The molecule has 1 heterocycles. The highest BCUT2D eigenvalue weighted by Gasteiger charge is 2.37. The highest BCUT2D eigenvalue weighted by Crippen LogP contribution is 2.37. The Hall–Kier alpha value is -3.24. The summed E-state index contributed by atoms with van der Waals surface area (Å²) in [6.45, 7) is 1.07. The van der Waals surface area contributed by atoms with Gasteiger partial charge in [-0.25, -0.2) is 4.79 Å². The number of benzene rings is 2. The molecule has 3 amide bonds. The van der Waals surface area contributed by atoms with Crippen molar-refractivity contribution in [3.05, 3.63) is 64.7 Å². The van der Waals surface area contributed by atoms with E-state index in [1.54, 1.807) is 23.1 Å². The fraction of sp³-hybridized carbons (Fsp3) is 0.333. The number of halogens is 6. The summed E-state index contributed by atoms with van der Waals surface area (Å²) in [4.78, 5) is 25.5. The normalized spacial score (nSPS) is 14.6. The van der Waals surface area contributed by atoms with Gasteiger partial charge in [-0.1, -0.05) is 24.3 Å². The number of nitrogens with one attached hydrogen (secondary N) is 2. The second-order valence-corrected chi connectivity index (χ2v) is 7.34. The molecule has 0 atom stereocenters. The van der Waals surface area contributed by atoms with Crippen LogP contribution in [0.2, 0.25) is 0 Å². The maximum atomic E-state index is 12.9. The summed E-state index contributed by atoms with van der Waals surface area (Å²) in [7, 11) is 0. The first-order valence-corrected chi connectivity index (χ1v) is 9.62. The highest BCUT2D eigenvalue weighted by molar-refractivity contribution is 5.89. The lowest BCUT2D eigenvalue weighted by Gasteiger charge is -2.16. The lowest BCUT2D eigenvalue weighted by molar-refractivity contribution is -0.143. The van der Waals surface area contributed by atoms with Crippen molar-refractivity contribution < 1.29 is 35.9 Å². The molecule has 0 aromatic heterocycles. The van der Waals surface area contributed by atoms with Gasteiger partial charge in [0.05, 0.1) is 11.1 Å². The third-order valence-electron chi connectivity index (χ3n) is 4.83. The zero-order valence-corrected chi connectivity index (χ0v) is 16.6. The molecule has 5 nitrogen and oxygen atoms in total. The Balaban J connectivity index is 1.65. The average Bonchev–Trinajstić information content (AvgIpc) is 3.09. The molecule has 2 N–H and O–H groups in total. The van der Waals surface area contributed by atoms with Gasteiger partial charge in [-0.3, -0.25) is 4.79 Å². The summed E-state index contributed by atoms with van der Waals surface area (Å²) in [5.41, 5.74) is -2.18. The van der Waals surface area contributed by atoms with Gasteiger partial charge in [-0.05, 0) is 35.7 Å². The monoisotopic (exact) mass is 459 g/mol. The first kappa shape index (κ1) is 23.4. The predicted molar refractivity (Wildman–Crippen MR) is 103 cm³/mol. The van der Waals surface area contributed by atoms with Gasteiger partial charge in [-0.2, -0.15) is 26.3 Å². The fourth-order valence-corrected chi connectivity index (χ4v) is 3.31. The minimum absolute atomic E-state index is 0.0142. The van der Waals surface area contributed by atoms with E-state index in [0.717, 1.165) is 12.0 Å². The number of carbonyl (C=O) groups is 2. The zero-order valence-electron chi connectivity index (χ0n) is 16.6. The number of carbonyl (C=O) groups excluding carboxylic acids is 2. The van der Waals surface area contributed by atoms with Crippen LogP contribution in [-0.2, 0) is 30.2 Å². The molecule has 1 saturated heterocycles. The summed E-state index contributed by atoms with van der Waals surface area (Å²) < 4.78 is 77.6. The molecular formula is C21H19F6N3O2. The number of hydrogen-bond donors (Lipinski definition) is 2. The Bertz CT molecular complexity index is 972. The summed E-state index contributed by atoms with van der Waals surface area (Å²) in [6.07, 6.45) is -8.71. The van der Waals surface area contributed by atoms with E-state index >= 15 is 0 Å². The number of alkyl halides is 6. The summed E-state index contributed by atoms with van der Waals surface area (Å²) >= 11 is 0. The van der Waals surface area contributed by atoms with Crippen LogP contribution in [0.25, 0.3) is 0 Å². The van der Waals surface area contributed by atoms with Crippen molar-refractivity contribution in [2.75, 3.05) is 11.9 Å². The Kier molecular flexibility index (Phi) is 6.65.